The van der Waals surface area contributed by atoms with E-state index in [0.29, 0.717) is 4.90 Å². The van der Waals surface area contributed by atoms with Crippen LogP contribution in [-0.4, -0.2) is 18.8 Å². The van der Waals surface area contributed by atoms with Crippen LogP contribution in [0.4, 0.5) is 0 Å². The fourth-order valence-corrected chi connectivity index (χ4v) is 4.58. The number of nitrogens with zero attached hydrogens (tertiary/aromatic N) is 1. The molecule has 25 heavy (non-hydrogen) atoms. The van der Waals surface area contributed by atoms with Gasteiger partial charge < -0.3 is 0 Å². The van der Waals surface area contributed by atoms with Crippen molar-refractivity contribution in [2.75, 3.05) is 0 Å². The Labute approximate surface area is 150 Å². The van der Waals surface area contributed by atoms with E-state index in [-0.39, 0.29) is 12.1 Å². The van der Waals surface area contributed by atoms with Gasteiger partial charge in [-0.2, -0.15) is 4.31 Å². The second kappa shape index (κ2) is 7.43. The van der Waals surface area contributed by atoms with E-state index in [9.17, 15) is 8.42 Å². The number of rotatable bonds is 5. The van der Waals surface area contributed by atoms with Gasteiger partial charge in [-0.15, -0.1) is 5.92 Å². The summed E-state index contributed by atoms with van der Waals surface area (Å²) in [6, 6.07) is 16.3. The first-order valence-corrected chi connectivity index (χ1v) is 10.1. The van der Waals surface area contributed by atoms with Gasteiger partial charge in [0, 0.05) is 6.42 Å². The summed E-state index contributed by atoms with van der Waals surface area (Å²) < 4.78 is 27.6. The molecule has 4 heteroatoms. The zero-order chi connectivity index (χ0) is 17.9. The average molecular weight is 353 g/mol. The van der Waals surface area contributed by atoms with Crippen molar-refractivity contribution in [3.8, 4) is 11.8 Å². The first-order chi connectivity index (χ1) is 12.1. The number of aryl methyl sites for hydroxylation is 1. The number of sulfonamides is 1. The molecular formula is C21H23NO2S. The predicted molar refractivity (Wildman–Crippen MR) is 100 cm³/mol. The van der Waals surface area contributed by atoms with E-state index in [2.05, 4.69) is 18.8 Å². The highest BCUT2D eigenvalue weighted by Gasteiger charge is 2.55. The van der Waals surface area contributed by atoms with Crippen LogP contribution < -0.4 is 0 Å². The Bertz CT molecular complexity index is 877. The average Bonchev–Trinajstić information content (AvgIpc) is 3.35. The number of unbranched alkanes of at least 4 members (excludes halogenated alkanes) is 2. The predicted octanol–water partition coefficient (Wildman–Crippen LogP) is 4.30. The smallest absolute Gasteiger partial charge is 0.207 e. The normalized spacial score (nSPS) is 22.1. The van der Waals surface area contributed by atoms with Gasteiger partial charge in [-0.3, -0.25) is 0 Å². The summed E-state index contributed by atoms with van der Waals surface area (Å²) >= 11 is 0. The SMILES string of the molecule is CCCCC#C[C@@H]1[C@H](c2ccccc2)N1S(=O)(=O)c1ccc(C)cc1. The molecule has 1 aliphatic heterocycles. The van der Waals surface area contributed by atoms with Crippen LogP contribution in [0.25, 0.3) is 0 Å². The van der Waals surface area contributed by atoms with E-state index >= 15 is 0 Å². The van der Waals surface area contributed by atoms with Crippen LogP contribution in [0.15, 0.2) is 59.5 Å². The van der Waals surface area contributed by atoms with E-state index in [4.69, 9.17) is 0 Å². The van der Waals surface area contributed by atoms with Gasteiger partial charge in [0.25, 0.3) is 0 Å². The first kappa shape index (κ1) is 17.7. The molecule has 1 saturated heterocycles. The Kier molecular flexibility index (Phi) is 5.27. The maximum atomic E-state index is 13.0. The lowest BCUT2D eigenvalue weighted by molar-refractivity contribution is 0.551. The molecule has 2 aromatic rings. The molecule has 0 aliphatic carbocycles. The third kappa shape index (κ3) is 3.78. The minimum Gasteiger partial charge on any atom is -0.207 e. The Morgan fingerprint density at radius 1 is 1.04 bits per heavy atom. The van der Waals surface area contributed by atoms with E-state index in [1.807, 2.05) is 49.4 Å². The highest BCUT2D eigenvalue weighted by molar-refractivity contribution is 7.89. The van der Waals surface area contributed by atoms with E-state index < -0.39 is 10.0 Å². The van der Waals surface area contributed by atoms with Crippen molar-refractivity contribution in [3.05, 3.63) is 65.7 Å². The maximum absolute atomic E-state index is 13.0. The minimum atomic E-state index is -3.54. The van der Waals surface area contributed by atoms with Gasteiger partial charge in [-0.25, -0.2) is 8.42 Å². The summed E-state index contributed by atoms with van der Waals surface area (Å²) in [4.78, 5) is 0.330. The molecule has 0 N–H and O–H groups in total. The quantitative estimate of drug-likeness (QED) is 0.456. The van der Waals surface area contributed by atoms with Crippen LogP contribution in [-0.2, 0) is 10.0 Å². The van der Waals surface area contributed by atoms with Crippen molar-refractivity contribution in [2.45, 2.75) is 50.1 Å². The van der Waals surface area contributed by atoms with Crippen LogP contribution in [0.1, 0.15) is 43.4 Å². The Morgan fingerprint density at radius 2 is 1.72 bits per heavy atom. The monoisotopic (exact) mass is 353 g/mol. The summed E-state index contributed by atoms with van der Waals surface area (Å²) in [5.41, 5.74) is 2.04. The molecule has 0 spiro atoms. The molecule has 3 atom stereocenters. The van der Waals surface area contributed by atoms with Crippen molar-refractivity contribution >= 4 is 10.0 Å². The summed E-state index contributed by atoms with van der Waals surface area (Å²) in [7, 11) is -3.54. The lowest BCUT2D eigenvalue weighted by atomic mass is 10.1. The van der Waals surface area contributed by atoms with Crippen molar-refractivity contribution < 1.29 is 8.42 Å². The zero-order valence-corrected chi connectivity index (χ0v) is 15.5. The summed E-state index contributed by atoms with van der Waals surface area (Å²) in [6.45, 7) is 4.07. The van der Waals surface area contributed by atoms with Crippen LogP contribution >= 0.6 is 0 Å². The van der Waals surface area contributed by atoms with Gasteiger partial charge in [0.2, 0.25) is 10.0 Å². The van der Waals surface area contributed by atoms with Gasteiger partial charge in [0.1, 0.15) is 6.04 Å². The third-order valence-corrected chi connectivity index (χ3v) is 6.28. The minimum absolute atomic E-state index is 0.193. The molecule has 2 aromatic carbocycles. The van der Waals surface area contributed by atoms with Gasteiger partial charge in [0.15, 0.2) is 0 Å². The lowest BCUT2D eigenvalue weighted by Crippen LogP contribution is -2.14. The first-order valence-electron chi connectivity index (χ1n) is 8.69. The van der Waals surface area contributed by atoms with Crippen LogP contribution in [0, 0.1) is 18.8 Å². The molecule has 0 radical (unpaired) electrons. The largest absolute Gasteiger partial charge is 0.244 e. The second-order valence-electron chi connectivity index (χ2n) is 6.37. The lowest BCUT2D eigenvalue weighted by Gasteiger charge is -2.06. The molecular weight excluding hydrogens is 330 g/mol. The van der Waals surface area contributed by atoms with Gasteiger partial charge >= 0.3 is 0 Å². The molecule has 0 aromatic heterocycles. The molecule has 1 unspecified atom stereocenters. The van der Waals surface area contributed by atoms with Crippen LogP contribution in [0.5, 0.6) is 0 Å². The van der Waals surface area contributed by atoms with E-state index in [0.717, 1.165) is 30.4 Å². The Hall–Kier alpha value is -2.09. The zero-order valence-electron chi connectivity index (χ0n) is 14.6. The number of hydrogen-bond acceptors (Lipinski definition) is 2. The van der Waals surface area contributed by atoms with Crippen LogP contribution in [0.3, 0.4) is 0 Å². The fraction of sp³-hybridized carbons (Fsp3) is 0.333. The van der Waals surface area contributed by atoms with E-state index in [1.165, 1.54) is 4.31 Å². The summed E-state index contributed by atoms with van der Waals surface area (Å²) in [5, 5.41) is 0. The van der Waals surface area contributed by atoms with Gasteiger partial charge in [-0.1, -0.05) is 67.3 Å². The molecule has 1 fully saturated rings. The topological polar surface area (TPSA) is 37.1 Å². The molecule has 3 nitrogen and oxygen atoms in total. The summed E-state index contributed by atoms with van der Waals surface area (Å²) in [5.74, 6) is 6.33. The number of benzene rings is 2. The maximum Gasteiger partial charge on any atom is 0.244 e. The standard InChI is InChI=1S/C21H23NO2S/c1-3-4-5-9-12-20-21(18-10-7-6-8-11-18)22(20)25(23,24)19-15-13-17(2)14-16-19/h6-8,10-11,13-16,20-21H,3-5H2,1-2H3/t20-,21+,22?/m1/s1. The highest BCUT2D eigenvalue weighted by Crippen LogP contribution is 2.47. The highest BCUT2D eigenvalue weighted by atomic mass is 32.2. The van der Waals surface area contributed by atoms with Crippen molar-refractivity contribution in [3.63, 3.8) is 0 Å². The molecule has 0 bridgehead atoms. The molecule has 3 rings (SSSR count). The summed E-state index contributed by atoms with van der Waals surface area (Å²) in [6.07, 6.45) is 2.94. The number of hydrogen-bond donors (Lipinski definition) is 0. The van der Waals surface area contributed by atoms with E-state index in [1.54, 1.807) is 12.1 Å². The Morgan fingerprint density at radius 3 is 2.36 bits per heavy atom. The molecule has 0 saturated carbocycles. The van der Waals surface area contributed by atoms with Gasteiger partial charge in [0.05, 0.1) is 10.9 Å². The van der Waals surface area contributed by atoms with Crippen LogP contribution in [0.2, 0.25) is 0 Å². The molecule has 1 heterocycles. The molecule has 0 amide bonds. The fourth-order valence-electron chi connectivity index (χ4n) is 2.91. The molecule has 130 valence electrons. The Balaban J connectivity index is 1.90. The second-order valence-corrected chi connectivity index (χ2v) is 8.22. The molecule has 1 aliphatic rings. The third-order valence-electron chi connectivity index (χ3n) is 4.40. The van der Waals surface area contributed by atoms with Crippen molar-refractivity contribution in [1.82, 2.24) is 4.31 Å². The van der Waals surface area contributed by atoms with Gasteiger partial charge in [-0.05, 0) is 31.0 Å². The van der Waals surface area contributed by atoms with Crippen molar-refractivity contribution in [2.24, 2.45) is 0 Å². The van der Waals surface area contributed by atoms with Crippen molar-refractivity contribution in [1.29, 1.82) is 0 Å².